The van der Waals surface area contributed by atoms with Crippen LogP contribution < -0.4 is 33.1 Å². The maximum Gasteiger partial charge on any atom is 1.00 e. The number of aromatic nitrogens is 1. The molecule has 0 aliphatic carbocycles. The Kier molecular flexibility index (Phi) is 5.75. The Morgan fingerprint density at radius 2 is 1.63 bits per heavy atom. The van der Waals surface area contributed by atoms with Gasteiger partial charge in [0.15, 0.2) is 0 Å². The molecule has 0 spiro atoms. The van der Waals surface area contributed by atoms with Crippen LogP contribution in [0.3, 0.4) is 0 Å². The number of benzene rings is 1. The van der Waals surface area contributed by atoms with Gasteiger partial charge in [0.25, 0.3) is 0 Å². The molecule has 2 rings (SSSR count). The second-order valence-electron chi connectivity index (χ2n) is 3.57. The van der Waals surface area contributed by atoms with Crippen molar-refractivity contribution in [3.63, 3.8) is 0 Å². The minimum Gasteiger partial charge on any atom is -0.534 e. The maximum absolute atomic E-state index is 5.29. The van der Waals surface area contributed by atoms with Crippen molar-refractivity contribution in [2.24, 2.45) is 0 Å². The van der Waals surface area contributed by atoms with E-state index in [2.05, 4.69) is 11.1 Å². The fraction of sp³-hybridized carbons (Fsp3) is 0.214. The molecule has 1 aromatic heterocycles. The first-order chi connectivity index (χ1) is 8.78. The molecule has 0 unspecified atom stereocenters. The molecule has 1 aromatic carbocycles. The van der Waals surface area contributed by atoms with Gasteiger partial charge in [0.1, 0.15) is 11.6 Å². The van der Waals surface area contributed by atoms with Crippen LogP contribution in [0.15, 0.2) is 30.5 Å². The average Bonchev–Trinajstić information content (AvgIpc) is 2.46. The SMILES string of the molecule is COc1ccc(-c2cnc(OC)[c-]c2OC)cc1.[Li+]. The molecule has 2 aromatic rings. The first kappa shape index (κ1) is 15.4. The van der Waals surface area contributed by atoms with Crippen LogP contribution in [0.2, 0.25) is 0 Å². The number of pyridine rings is 1. The van der Waals surface area contributed by atoms with Crippen LogP contribution in [0.5, 0.6) is 17.4 Å². The molecule has 94 valence electrons. The zero-order chi connectivity index (χ0) is 13.0. The van der Waals surface area contributed by atoms with Crippen LogP contribution in [0.1, 0.15) is 0 Å². The topological polar surface area (TPSA) is 40.6 Å². The van der Waals surface area contributed by atoms with Gasteiger partial charge in [-0.2, -0.15) is 0 Å². The minimum absolute atomic E-state index is 0. The summed E-state index contributed by atoms with van der Waals surface area (Å²) in [5.74, 6) is 1.82. The van der Waals surface area contributed by atoms with E-state index in [1.54, 1.807) is 27.5 Å². The van der Waals surface area contributed by atoms with Crippen molar-refractivity contribution in [1.82, 2.24) is 4.98 Å². The third-order valence-electron chi connectivity index (χ3n) is 2.57. The number of ether oxygens (including phenoxy) is 3. The molecule has 0 fully saturated rings. The van der Waals surface area contributed by atoms with Crippen molar-refractivity contribution in [3.05, 3.63) is 36.5 Å². The number of methoxy groups -OCH3 is 3. The fourth-order valence-electron chi connectivity index (χ4n) is 1.62. The quantitative estimate of drug-likeness (QED) is 0.546. The molecular weight excluding hydrogens is 237 g/mol. The number of hydrogen-bond acceptors (Lipinski definition) is 4. The first-order valence-electron chi connectivity index (χ1n) is 5.43. The summed E-state index contributed by atoms with van der Waals surface area (Å²) >= 11 is 0. The summed E-state index contributed by atoms with van der Waals surface area (Å²) in [5, 5.41) is 0. The van der Waals surface area contributed by atoms with Crippen LogP contribution in [0, 0.1) is 6.07 Å². The summed E-state index contributed by atoms with van der Waals surface area (Å²) in [5.41, 5.74) is 1.85. The van der Waals surface area contributed by atoms with Gasteiger partial charge < -0.3 is 14.2 Å². The van der Waals surface area contributed by atoms with Gasteiger partial charge >= 0.3 is 18.9 Å². The molecule has 0 atom stereocenters. The van der Waals surface area contributed by atoms with Gasteiger partial charge in [0.05, 0.1) is 21.3 Å². The van der Waals surface area contributed by atoms with Gasteiger partial charge in [0.2, 0.25) is 0 Å². The van der Waals surface area contributed by atoms with E-state index < -0.39 is 0 Å². The molecule has 0 aliphatic heterocycles. The van der Waals surface area contributed by atoms with Gasteiger partial charge in [-0.3, -0.25) is 4.98 Å². The summed E-state index contributed by atoms with van der Waals surface area (Å²) in [6.07, 6.45) is 1.70. The van der Waals surface area contributed by atoms with Gasteiger partial charge in [-0.15, -0.1) is 11.6 Å². The molecule has 0 radical (unpaired) electrons. The van der Waals surface area contributed by atoms with E-state index in [1.165, 1.54) is 0 Å². The van der Waals surface area contributed by atoms with Crippen molar-refractivity contribution < 1.29 is 33.1 Å². The van der Waals surface area contributed by atoms with Gasteiger partial charge in [0, 0.05) is 0 Å². The third kappa shape index (κ3) is 3.43. The van der Waals surface area contributed by atoms with Crippen molar-refractivity contribution in [2.75, 3.05) is 21.3 Å². The zero-order valence-corrected chi connectivity index (χ0v) is 11.6. The maximum atomic E-state index is 5.29. The van der Waals surface area contributed by atoms with E-state index >= 15 is 0 Å². The number of nitrogens with zero attached hydrogens (tertiary/aromatic N) is 1. The van der Waals surface area contributed by atoms with E-state index in [4.69, 9.17) is 14.2 Å². The smallest absolute Gasteiger partial charge is 0.534 e. The number of rotatable bonds is 4. The van der Waals surface area contributed by atoms with E-state index in [-0.39, 0.29) is 18.9 Å². The molecule has 0 aliphatic rings. The molecule has 4 nitrogen and oxygen atoms in total. The fourth-order valence-corrected chi connectivity index (χ4v) is 1.62. The van der Waals surface area contributed by atoms with Crippen LogP contribution in [0.4, 0.5) is 0 Å². The summed E-state index contributed by atoms with van der Waals surface area (Å²) in [7, 11) is 4.78. The summed E-state index contributed by atoms with van der Waals surface area (Å²) in [4.78, 5) is 4.14. The van der Waals surface area contributed by atoms with Crippen LogP contribution in [0.25, 0.3) is 11.1 Å². The molecule has 1 heterocycles. The summed E-state index contributed by atoms with van der Waals surface area (Å²) < 4.78 is 15.4. The Bertz CT molecular complexity index is 529. The normalized spacial score (nSPS) is 9.42. The van der Waals surface area contributed by atoms with Crippen molar-refractivity contribution in [1.29, 1.82) is 0 Å². The molecule has 0 saturated carbocycles. The molecular formula is C14H14LiNO3. The minimum atomic E-state index is 0. The largest absolute Gasteiger partial charge is 1.00 e. The monoisotopic (exact) mass is 251 g/mol. The molecule has 5 heteroatoms. The standard InChI is InChI=1S/C14H14NO3.Li/c1-16-11-6-4-10(5-7-11)12-9-15-14(18-3)8-13(12)17-2;/h4-7,9H,1-3H3;/q-1;+1. The van der Waals surface area contributed by atoms with Crippen LogP contribution in [-0.4, -0.2) is 26.3 Å². The van der Waals surface area contributed by atoms with Crippen molar-refractivity contribution >= 4 is 0 Å². The third-order valence-corrected chi connectivity index (χ3v) is 2.57. The van der Waals surface area contributed by atoms with Gasteiger partial charge in [-0.05, 0) is 24.1 Å². The summed E-state index contributed by atoms with van der Waals surface area (Å²) in [6, 6.07) is 10.6. The molecule has 0 bridgehead atoms. The predicted octanol–water partition coefficient (Wildman–Crippen LogP) is -0.421. The molecule has 0 saturated heterocycles. The van der Waals surface area contributed by atoms with E-state index in [1.807, 2.05) is 24.3 Å². The average molecular weight is 251 g/mol. The Labute approximate surface area is 124 Å². The van der Waals surface area contributed by atoms with Gasteiger partial charge in [-0.1, -0.05) is 17.7 Å². The van der Waals surface area contributed by atoms with Crippen LogP contribution in [-0.2, 0) is 0 Å². The first-order valence-corrected chi connectivity index (χ1v) is 5.43. The Hall–Kier alpha value is -1.63. The van der Waals surface area contributed by atoms with Crippen LogP contribution >= 0.6 is 0 Å². The van der Waals surface area contributed by atoms with E-state index in [9.17, 15) is 0 Å². The number of hydrogen-bond donors (Lipinski definition) is 0. The second kappa shape index (κ2) is 7.08. The molecule has 19 heavy (non-hydrogen) atoms. The predicted molar refractivity (Wildman–Crippen MR) is 68.2 cm³/mol. The second-order valence-corrected chi connectivity index (χ2v) is 3.57. The van der Waals surface area contributed by atoms with Crippen molar-refractivity contribution in [2.45, 2.75) is 0 Å². The molecule has 0 amide bonds. The van der Waals surface area contributed by atoms with Crippen molar-refractivity contribution in [3.8, 4) is 28.5 Å². The Morgan fingerprint density at radius 1 is 0.947 bits per heavy atom. The molecule has 0 N–H and O–H groups in total. The Morgan fingerprint density at radius 3 is 2.16 bits per heavy atom. The van der Waals surface area contributed by atoms with E-state index in [0.717, 1.165) is 16.9 Å². The van der Waals surface area contributed by atoms with E-state index in [0.29, 0.717) is 11.6 Å². The Balaban J connectivity index is 0.00000180. The van der Waals surface area contributed by atoms with Gasteiger partial charge in [-0.25, -0.2) is 0 Å². The zero-order valence-electron chi connectivity index (χ0n) is 11.6. The summed E-state index contributed by atoms with van der Waals surface area (Å²) in [6.45, 7) is 0.